The highest BCUT2D eigenvalue weighted by molar-refractivity contribution is 5.91. The van der Waals surface area contributed by atoms with Gasteiger partial charge in [-0.1, -0.05) is 43.0 Å². The highest BCUT2D eigenvalue weighted by atomic mass is 16.2. The fourth-order valence-electron chi connectivity index (χ4n) is 1.40. The van der Waals surface area contributed by atoms with Crippen LogP contribution in [0.1, 0.15) is 6.92 Å². The maximum absolute atomic E-state index is 11.1. The van der Waals surface area contributed by atoms with Crippen LogP contribution in [0.2, 0.25) is 0 Å². The van der Waals surface area contributed by atoms with Gasteiger partial charge in [0.05, 0.1) is 0 Å². The summed E-state index contributed by atoms with van der Waals surface area (Å²) in [7, 11) is 0. The van der Waals surface area contributed by atoms with E-state index in [2.05, 4.69) is 17.3 Å². The fraction of sp³-hybridized carbons (Fsp3) is 0.357. The lowest BCUT2D eigenvalue weighted by Crippen LogP contribution is -2.52. The molecule has 0 atom stereocenters. The van der Waals surface area contributed by atoms with E-state index in [1.807, 2.05) is 41.4 Å². The molecule has 0 aliphatic carbocycles. The molecule has 1 aromatic rings. The van der Waals surface area contributed by atoms with Gasteiger partial charge in [0.15, 0.2) is 0 Å². The smallest absolute Gasteiger partial charge is 0.260 e. The highest BCUT2D eigenvalue weighted by Crippen LogP contribution is 1.91. The lowest BCUT2D eigenvalue weighted by molar-refractivity contribution is -0.122. The molecule has 18 heavy (non-hydrogen) atoms. The molecule has 0 saturated carbocycles. The second-order valence-electron chi connectivity index (χ2n) is 4.11. The van der Waals surface area contributed by atoms with Gasteiger partial charge in [-0.05, 0) is 6.92 Å². The Morgan fingerprint density at radius 1 is 1.11 bits per heavy atom. The van der Waals surface area contributed by atoms with Crippen molar-refractivity contribution < 1.29 is 4.79 Å². The van der Waals surface area contributed by atoms with E-state index in [9.17, 15) is 4.79 Å². The number of hydrazine groups is 1. The molecule has 1 saturated heterocycles. The van der Waals surface area contributed by atoms with E-state index >= 15 is 0 Å². The van der Waals surface area contributed by atoms with Crippen LogP contribution in [-0.4, -0.2) is 37.1 Å². The van der Waals surface area contributed by atoms with E-state index in [0.717, 1.165) is 26.2 Å². The van der Waals surface area contributed by atoms with Crippen LogP contribution in [0, 0.1) is 0 Å². The lowest BCUT2D eigenvalue weighted by Gasteiger charge is -2.27. The second-order valence-corrected chi connectivity index (χ2v) is 4.11. The molecular formula is C14H21N3O. The Balaban J connectivity index is 0.000000225. The third kappa shape index (κ3) is 6.18. The van der Waals surface area contributed by atoms with Gasteiger partial charge in [-0.2, -0.15) is 0 Å². The van der Waals surface area contributed by atoms with Gasteiger partial charge >= 0.3 is 0 Å². The molecule has 1 aliphatic rings. The van der Waals surface area contributed by atoms with Crippen LogP contribution in [0.25, 0.3) is 0 Å². The number of hydrogen-bond acceptors (Lipinski definition) is 3. The van der Waals surface area contributed by atoms with Crippen molar-refractivity contribution in [2.24, 2.45) is 0 Å². The Bertz CT molecular complexity index is 332. The first kappa shape index (κ1) is 14.4. The van der Waals surface area contributed by atoms with Crippen LogP contribution in [0.15, 0.2) is 48.6 Å². The quantitative estimate of drug-likeness (QED) is 0.772. The summed E-state index contributed by atoms with van der Waals surface area (Å²) < 4.78 is 0. The number of carbonyl (C=O) groups excluding carboxylic acids is 1. The zero-order valence-electron chi connectivity index (χ0n) is 10.9. The number of benzene rings is 1. The van der Waals surface area contributed by atoms with Crippen molar-refractivity contribution in [3.05, 3.63) is 48.6 Å². The molecule has 0 aromatic heterocycles. The van der Waals surface area contributed by atoms with Gasteiger partial charge in [-0.25, -0.2) is 5.01 Å². The highest BCUT2D eigenvalue weighted by Gasteiger charge is 2.11. The van der Waals surface area contributed by atoms with Crippen molar-refractivity contribution in [2.45, 2.75) is 6.92 Å². The Morgan fingerprint density at radius 2 is 1.56 bits per heavy atom. The standard InChI is InChI=1S/C8H15N3O.C6H6/c1-7(2)8(12)10-11-5-3-9-4-6-11;1-2-4-6-5-3-1/h9H,1,3-6H2,2H3,(H,10,12);1-6H. The summed E-state index contributed by atoms with van der Waals surface area (Å²) in [6.07, 6.45) is 0. The van der Waals surface area contributed by atoms with Crippen molar-refractivity contribution in [1.29, 1.82) is 0 Å². The first-order chi connectivity index (χ1) is 8.70. The number of piperazine rings is 1. The van der Waals surface area contributed by atoms with E-state index in [0.29, 0.717) is 5.57 Å². The molecule has 0 unspecified atom stereocenters. The molecule has 0 radical (unpaired) electrons. The predicted molar refractivity (Wildman–Crippen MR) is 73.8 cm³/mol. The third-order valence-electron chi connectivity index (χ3n) is 2.43. The molecule has 2 N–H and O–H groups in total. The summed E-state index contributed by atoms with van der Waals surface area (Å²) in [5.74, 6) is -0.0862. The van der Waals surface area contributed by atoms with E-state index in [1.165, 1.54) is 0 Å². The predicted octanol–water partition coefficient (Wildman–Crippen LogP) is 1.19. The van der Waals surface area contributed by atoms with Crippen LogP contribution >= 0.6 is 0 Å². The van der Waals surface area contributed by atoms with Gasteiger partial charge in [-0.3, -0.25) is 10.2 Å². The molecule has 2 rings (SSSR count). The number of amides is 1. The van der Waals surface area contributed by atoms with E-state index in [1.54, 1.807) is 6.92 Å². The second kappa shape index (κ2) is 8.44. The number of nitrogens with zero attached hydrogens (tertiary/aromatic N) is 1. The maximum Gasteiger partial charge on any atom is 0.260 e. The van der Waals surface area contributed by atoms with Crippen LogP contribution in [0.3, 0.4) is 0 Å². The first-order valence-corrected chi connectivity index (χ1v) is 6.12. The molecular weight excluding hydrogens is 226 g/mol. The monoisotopic (exact) mass is 247 g/mol. The summed E-state index contributed by atoms with van der Waals surface area (Å²) in [6, 6.07) is 12.0. The number of rotatable bonds is 2. The maximum atomic E-state index is 11.1. The molecule has 1 amide bonds. The normalized spacial score (nSPS) is 15.2. The largest absolute Gasteiger partial charge is 0.314 e. The van der Waals surface area contributed by atoms with Gasteiger partial charge in [0, 0.05) is 31.8 Å². The van der Waals surface area contributed by atoms with Crippen molar-refractivity contribution in [1.82, 2.24) is 15.8 Å². The van der Waals surface area contributed by atoms with Crippen LogP contribution < -0.4 is 10.7 Å². The Labute approximate surface area is 109 Å². The summed E-state index contributed by atoms with van der Waals surface area (Å²) >= 11 is 0. The van der Waals surface area contributed by atoms with Crippen molar-refractivity contribution in [3.63, 3.8) is 0 Å². The minimum absolute atomic E-state index is 0.0862. The van der Waals surface area contributed by atoms with Gasteiger partial charge in [-0.15, -0.1) is 0 Å². The van der Waals surface area contributed by atoms with Crippen LogP contribution in [0.5, 0.6) is 0 Å². The van der Waals surface area contributed by atoms with Crippen molar-refractivity contribution in [3.8, 4) is 0 Å². The lowest BCUT2D eigenvalue weighted by atomic mass is 10.3. The molecule has 1 aliphatic heterocycles. The third-order valence-corrected chi connectivity index (χ3v) is 2.43. The molecule has 1 fully saturated rings. The SMILES string of the molecule is C=C(C)C(=O)NN1CCNCC1.c1ccccc1. The molecule has 4 heteroatoms. The fourth-order valence-corrected chi connectivity index (χ4v) is 1.40. The molecule has 98 valence electrons. The van der Waals surface area contributed by atoms with Gasteiger partial charge < -0.3 is 5.32 Å². The van der Waals surface area contributed by atoms with Gasteiger partial charge in [0.25, 0.3) is 5.91 Å². The number of carbonyl (C=O) groups is 1. The average Bonchev–Trinajstić information content (AvgIpc) is 2.42. The Morgan fingerprint density at radius 3 is 1.94 bits per heavy atom. The molecule has 1 heterocycles. The zero-order chi connectivity index (χ0) is 13.2. The molecule has 1 aromatic carbocycles. The molecule has 0 bridgehead atoms. The van der Waals surface area contributed by atoms with E-state index < -0.39 is 0 Å². The van der Waals surface area contributed by atoms with Crippen molar-refractivity contribution in [2.75, 3.05) is 26.2 Å². The zero-order valence-corrected chi connectivity index (χ0v) is 10.9. The summed E-state index contributed by atoms with van der Waals surface area (Å²) in [4.78, 5) is 11.1. The van der Waals surface area contributed by atoms with Gasteiger partial charge in [0.1, 0.15) is 0 Å². The van der Waals surface area contributed by atoms with Crippen LogP contribution in [-0.2, 0) is 4.79 Å². The van der Waals surface area contributed by atoms with Crippen molar-refractivity contribution >= 4 is 5.91 Å². The Hall–Kier alpha value is -1.65. The number of hydrogen-bond donors (Lipinski definition) is 2. The van der Waals surface area contributed by atoms with E-state index in [-0.39, 0.29) is 5.91 Å². The first-order valence-electron chi connectivity index (χ1n) is 6.12. The summed E-state index contributed by atoms with van der Waals surface area (Å²) in [5, 5.41) is 5.11. The summed E-state index contributed by atoms with van der Waals surface area (Å²) in [5.41, 5.74) is 3.32. The average molecular weight is 247 g/mol. The minimum Gasteiger partial charge on any atom is -0.314 e. The van der Waals surface area contributed by atoms with Gasteiger partial charge in [0.2, 0.25) is 0 Å². The number of nitrogens with one attached hydrogen (secondary N) is 2. The Kier molecular flexibility index (Phi) is 6.76. The molecule has 4 nitrogen and oxygen atoms in total. The minimum atomic E-state index is -0.0862. The van der Waals surface area contributed by atoms with Crippen LogP contribution in [0.4, 0.5) is 0 Å². The molecule has 0 spiro atoms. The topological polar surface area (TPSA) is 44.4 Å². The summed E-state index contributed by atoms with van der Waals surface area (Å²) in [6.45, 7) is 8.85. The van der Waals surface area contributed by atoms with E-state index in [4.69, 9.17) is 0 Å².